The van der Waals surface area contributed by atoms with E-state index in [-0.39, 0.29) is 0 Å². The molecule has 1 radical (unpaired) electrons. The van der Waals surface area contributed by atoms with Gasteiger partial charge in [-0.05, 0) is 6.42 Å². The molecule has 0 aromatic carbocycles. The van der Waals surface area contributed by atoms with Crippen LogP contribution < -0.4 is 0 Å². The molecule has 0 aromatic heterocycles. The molecule has 37 valence electrons. The molecular formula is C5H6NO. The maximum atomic E-state index is 6.38. The van der Waals surface area contributed by atoms with Crippen LogP contribution in [0.5, 0.6) is 0 Å². The van der Waals surface area contributed by atoms with Gasteiger partial charge in [-0.15, -0.1) is 0 Å². The molecule has 0 spiro atoms. The summed E-state index contributed by atoms with van der Waals surface area (Å²) in [5.41, 5.74) is 0. The molecular weight excluding hydrogens is 90.1 g/mol. The van der Waals surface area contributed by atoms with Crippen LogP contribution in [0.3, 0.4) is 0 Å². The largest absolute Gasteiger partial charge is 0.399 e. The first kappa shape index (κ1) is 6.03. The molecule has 2 heteroatoms. The predicted molar refractivity (Wildman–Crippen MR) is 27.2 cm³/mol. The van der Waals surface area contributed by atoms with E-state index in [0.29, 0.717) is 6.42 Å². The highest BCUT2D eigenvalue weighted by Gasteiger charge is 1.64. The highest BCUT2D eigenvalue weighted by molar-refractivity contribution is 5.59. The number of nitrogens with zero attached hydrogens (tertiary/aromatic N) is 1. The first-order valence-electron chi connectivity index (χ1n) is 1.86. The van der Waals surface area contributed by atoms with Crippen molar-refractivity contribution in [3.05, 3.63) is 6.42 Å². The fraction of sp³-hybridized carbons (Fsp3) is 0.400. The van der Waals surface area contributed by atoms with Gasteiger partial charge < -0.3 is 4.84 Å². The quantitative estimate of drug-likeness (QED) is 0.280. The molecule has 0 aromatic rings. The van der Waals surface area contributed by atoms with Crippen LogP contribution in [0.2, 0.25) is 0 Å². The lowest BCUT2D eigenvalue weighted by atomic mass is 10.5. The summed E-state index contributed by atoms with van der Waals surface area (Å²) >= 11 is 0. The van der Waals surface area contributed by atoms with Gasteiger partial charge in [0.05, 0.1) is 6.21 Å². The van der Waals surface area contributed by atoms with E-state index < -0.39 is 0 Å². The summed E-state index contributed by atoms with van der Waals surface area (Å²) in [5, 5.41) is 3.35. The third kappa shape index (κ3) is 5.03. The molecule has 0 N–H and O–H groups in total. The molecule has 0 aliphatic carbocycles. The molecule has 0 saturated carbocycles. The number of oxime groups is 1. The van der Waals surface area contributed by atoms with Gasteiger partial charge in [0.2, 0.25) is 0 Å². The Morgan fingerprint density at radius 3 is 3.14 bits per heavy atom. The minimum atomic E-state index is 0.424. The summed E-state index contributed by atoms with van der Waals surface area (Å²) in [4.78, 5) is 4.29. The van der Waals surface area contributed by atoms with Crippen molar-refractivity contribution in [1.29, 1.82) is 0 Å². The van der Waals surface area contributed by atoms with Gasteiger partial charge in [-0.25, -0.2) is 0 Å². The van der Waals surface area contributed by atoms with E-state index in [1.54, 1.807) is 0 Å². The van der Waals surface area contributed by atoms with Gasteiger partial charge >= 0.3 is 0 Å². The van der Waals surface area contributed by atoms with Crippen molar-refractivity contribution < 1.29 is 4.84 Å². The van der Waals surface area contributed by atoms with E-state index in [9.17, 15) is 0 Å². The zero-order valence-corrected chi connectivity index (χ0v) is 4.14. The standard InChI is InChI=1S/C5H6NO/c1-3-4-5-6-7-2/h5H,4H2,2H3/b6-5-. The molecule has 0 aliphatic heterocycles. The summed E-state index contributed by atoms with van der Waals surface area (Å²) in [6.45, 7) is 0. The summed E-state index contributed by atoms with van der Waals surface area (Å²) in [7, 11) is 1.46. The van der Waals surface area contributed by atoms with Crippen LogP contribution in [0.25, 0.3) is 0 Å². The second-order valence-electron chi connectivity index (χ2n) is 0.851. The Balaban J connectivity index is 2.97. The van der Waals surface area contributed by atoms with Crippen LogP contribution in [-0.4, -0.2) is 13.3 Å². The van der Waals surface area contributed by atoms with Crippen LogP contribution in [0, 0.1) is 12.3 Å². The second kappa shape index (κ2) is 5.03. The van der Waals surface area contributed by atoms with Crippen molar-refractivity contribution >= 4 is 6.21 Å². The van der Waals surface area contributed by atoms with E-state index >= 15 is 0 Å². The first-order chi connectivity index (χ1) is 3.41. The molecule has 0 fully saturated rings. The molecule has 0 heterocycles. The van der Waals surface area contributed by atoms with E-state index in [4.69, 9.17) is 6.42 Å². The summed E-state index contributed by atoms with van der Waals surface area (Å²) in [6, 6.07) is 0. The van der Waals surface area contributed by atoms with Crippen LogP contribution in [0.1, 0.15) is 6.42 Å². The van der Waals surface area contributed by atoms with Crippen LogP contribution >= 0.6 is 0 Å². The molecule has 7 heavy (non-hydrogen) atoms. The topological polar surface area (TPSA) is 21.6 Å². The van der Waals surface area contributed by atoms with Crippen LogP contribution in [0.4, 0.5) is 0 Å². The zero-order chi connectivity index (χ0) is 5.54. The smallest absolute Gasteiger partial charge is 0.106 e. The Bertz CT molecular complexity index is 90.7. The molecule has 0 unspecified atom stereocenters. The maximum Gasteiger partial charge on any atom is 0.106 e. The monoisotopic (exact) mass is 96.0 g/mol. The van der Waals surface area contributed by atoms with E-state index in [1.807, 2.05) is 0 Å². The van der Waals surface area contributed by atoms with Crippen molar-refractivity contribution in [2.45, 2.75) is 6.42 Å². The predicted octanol–water partition coefficient (Wildman–Crippen LogP) is 0.598. The van der Waals surface area contributed by atoms with Crippen molar-refractivity contribution in [3.8, 4) is 5.92 Å². The lowest BCUT2D eigenvalue weighted by Gasteiger charge is -1.78. The minimum Gasteiger partial charge on any atom is -0.399 e. The van der Waals surface area contributed by atoms with Gasteiger partial charge in [0, 0.05) is 6.42 Å². The van der Waals surface area contributed by atoms with Gasteiger partial charge in [0.1, 0.15) is 7.11 Å². The van der Waals surface area contributed by atoms with E-state index in [1.165, 1.54) is 13.3 Å². The zero-order valence-electron chi connectivity index (χ0n) is 4.14. The van der Waals surface area contributed by atoms with Crippen molar-refractivity contribution in [1.82, 2.24) is 0 Å². The number of hydrogen-bond donors (Lipinski definition) is 0. The molecule has 0 saturated heterocycles. The van der Waals surface area contributed by atoms with Crippen molar-refractivity contribution in [2.75, 3.05) is 7.11 Å². The Morgan fingerprint density at radius 1 is 2.00 bits per heavy atom. The summed E-state index contributed by atoms with van der Waals surface area (Å²) in [5.74, 6) is 2.12. The Kier molecular flexibility index (Phi) is 4.33. The molecule has 0 aliphatic rings. The molecule has 2 nitrogen and oxygen atoms in total. The van der Waals surface area contributed by atoms with Crippen LogP contribution in [-0.2, 0) is 4.84 Å². The average molecular weight is 96.1 g/mol. The van der Waals surface area contributed by atoms with Gasteiger partial charge in [0.25, 0.3) is 0 Å². The highest BCUT2D eigenvalue weighted by Crippen LogP contribution is 1.67. The molecule has 0 atom stereocenters. The Labute approximate surface area is 43.2 Å². The maximum absolute atomic E-state index is 6.38. The number of hydrogen-bond acceptors (Lipinski definition) is 2. The van der Waals surface area contributed by atoms with Gasteiger partial charge in [-0.3, -0.25) is 0 Å². The fourth-order valence-corrected chi connectivity index (χ4v) is 0.157. The fourth-order valence-electron chi connectivity index (χ4n) is 0.157. The first-order valence-corrected chi connectivity index (χ1v) is 1.86. The van der Waals surface area contributed by atoms with Gasteiger partial charge in [-0.1, -0.05) is 11.1 Å². The Hall–Kier alpha value is -0.970. The number of rotatable bonds is 2. The highest BCUT2D eigenvalue weighted by atomic mass is 16.6. The lowest BCUT2D eigenvalue weighted by Crippen LogP contribution is -1.70. The van der Waals surface area contributed by atoms with Crippen molar-refractivity contribution in [3.63, 3.8) is 0 Å². The van der Waals surface area contributed by atoms with Gasteiger partial charge in [0.15, 0.2) is 0 Å². The third-order valence-corrected chi connectivity index (χ3v) is 0.373. The normalized spacial score (nSPS) is 8.57. The average Bonchev–Trinajstić information content (AvgIpc) is 1.69. The molecule has 0 bridgehead atoms. The van der Waals surface area contributed by atoms with Gasteiger partial charge in [-0.2, -0.15) is 0 Å². The minimum absolute atomic E-state index is 0.424. The third-order valence-electron chi connectivity index (χ3n) is 0.373. The van der Waals surface area contributed by atoms with E-state index in [2.05, 4.69) is 15.9 Å². The summed E-state index contributed by atoms with van der Waals surface area (Å²) < 4.78 is 0. The Morgan fingerprint density at radius 2 is 2.71 bits per heavy atom. The van der Waals surface area contributed by atoms with E-state index in [0.717, 1.165) is 0 Å². The lowest BCUT2D eigenvalue weighted by molar-refractivity contribution is 0.215. The molecule has 0 rings (SSSR count). The summed E-state index contributed by atoms with van der Waals surface area (Å²) in [6.07, 6.45) is 8.27. The second-order valence-corrected chi connectivity index (χ2v) is 0.851. The van der Waals surface area contributed by atoms with Crippen LogP contribution in [0.15, 0.2) is 5.16 Å². The SMILES string of the molecule is [C]#CC/C=N\OC. The van der Waals surface area contributed by atoms with Crippen molar-refractivity contribution in [2.24, 2.45) is 5.16 Å². The molecule has 0 amide bonds.